The average Bonchev–Trinajstić information content (AvgIpc) is 2.76. The Kier molecular flexibility index (Phi) is 20.7. The van der Waals surface area contributed by atoms with Crippen molar-refractivity contribution in [3.63, 3.8) is 0 Å². The Balaban J connectivity index is 3.77. The minimum Gasteiger partial charge on any atom is -0.464 e. The summed E-state index contributed by atoms with van der Waals surface area (Å²) in [5.41, 5.74) is 0. The molecule has 0 rings (SSSR count). The van der Waals surface area contributed by atoms with E-state index in [-0.39, 0.29) is 18.5 Å². The lowest BCUT2D eigenvalue weighted by Crippen LogP contribution is -2.47. The van der Waals surface area contributed by atoms with Crippen molar-refractivity contribution in [2.45, 2.75) is 117 Å². The highest BCUT2D eigenvalue weighted by Crippen LogP contribution is 2.15. The number of carbonyl (C=O) groups excluding carboxylic acids is 2. The molecule has 1 amide bonds. The van der Waals surface area contributed by atoms with Crippen LogP contribution in [0.2, 0.25) is 0 Å². The van der Waals surface area contributed by atoms with Gasteiger partial charge in [0, 0.05) is 14.2 Å². The van der Waals surface area contributed by atoms with Gasteiger partial charge in [-0.05, 0) is 12.3 Å². The van der Waals surface area contributed by atoms with Gasteiger partial charge in [-0.1, -0.05) is 104 Å². The second kappa shape index (κ2) is 21.5. The van der Waals surface area contributed by atoms with Gasteiger partial charge in [-0.2, -0.15) is 0 Å². The second-order valence-electron chi connectivity index (χ2n) is 9.17. The number of carbonyl (C=O) groups is 2. The van der Waals surface area contributed by atoms with Crippen LogP contribution in [0.3, 0.4) is 0 Å². The summed E-state index contributed by atoms with van der Waals surface area (Å²) in [6.45, 7) is 6.97. The summed E-state index contributed by atoms with van der Waals surface area (Å²) in [6, 6.07) is -0.642. The Labute approximate surface area is 197 Å². The number of amides is 1. The van der Waals surface area contributed by atoms with E-state index in [0.29, 0.717) is 13.2 Å². The fraction of sp³-hybridized carbons (Fsp3) is 0.923. The molecule has 0 spiro atoms. The maximum Gasteiger partial charge on any atom is 0.410 e. The zero-order valence-electron chi connectivity index (χ0n) is 21.7. The summed E-state index contributed by atoms with van der Waals surface area (Å²) in [4.78, 5) is 25.9. The van der Waals surface area contributed by atoms with E-state index in [4.69, 9.17) is 14.2 Å². The third-order valence-corrected chi connectivity index (χ3v) is 5.83. The molecule has 0 aromatic carbocycles. The van der Waals surface area contributed by atoms with Gasteiger partial charge in [0.1, 0.15) is 12.6 Å². The monoisotopic (exact) mass is 457 g/mol. The molecule has 0 aliphatic heterocycles. The van der Waals surface area contributed by atoms with Crippen LogP contribution in [0.5, 0.6) is 0 Å². The average molecular weight is 458 g/mol. The summed E-state index contributed by atoms with van der Waals surface area (Å²) in [7, 11) is 3.12. The summed E-state index contributed by atoms with van der Waals surface area (Å²) < 4.78 is 15.4. The highest BCUT2D eigenvalue weighted by molar-refractivity contribution is 5.81. The molecule has 0 aromatic rings. The smallest absolute Gasteiger partial charge is 0.410 e. The van der Waals surface area contributed by atoms with Crippen LogP contribution in [0.15, 0.2) is 0 Å². The van der Waals surface area contributed by atoms with E-state index in [2.05, 4.69) is 6.92 Å². The molecule has 0 aliphatic carbocycles. The summed E-state index contributed by atoms with van der Waals surface area (Å²) in [6.07, 6.45) is 17.6. The van der Waals surface area contributed by atoms with Gasteiger partial charge < -0.3 is 14.2 Å². The maximum atomic E-state index is 12.5. The molecule has 0 saturated carbocycles. The lowest BCUT2D eigenvalue weighted by molar-refractivity contribution is -0.150. The van der Waals surface area contributed by atoms with Gasteiger partial charge in [-0.15, -0.1) is 0 Å². The lowest BCUT2D eigenvalue weighted by atomic mass is 10.0. The third-order valence-electron chi connectivity index (χ3n) is 5.83. The molecule has 6 nitrogen and oxygen atoms in total. The molecular weight excluding hydrogens is 406 g/mol. The molecule has 0 aromatic heterocycles. The van der Waals surface area contributed by atoms with Crippen LogP contribution in [-0.4, -0.2) is 57.0 Å². The minimum absolute atomic E-state index is 0.0567. The molecule has 0 saturated heterocycles. The molecular formula is C26H51NO5. The molecule has 6 heteroatoms. The molecule has 1 unspecified atom stereocenters. The standard InChI is InChI=1S/C26H51NO5/c1-6-7-8-9-10-11-12-13-14-15-16-17-18-19-20-31-25(28)24(23(2)3)27(4)26(29)32-22-21-30-5/h23-24H,6-22H2,1-5H3. The number of methoxy groups -OCH3 is 1. The van der Waals surface area contributed by atoms with Gasteiger partial charge in [0.05, 0.1) is 13.2 Å². The Hall–Kier alpha value is -1.30. The Morgan fingerprint density at radius 2 is 1.16 bits per heavy atom. The molecule has 32 heavy (non-hydrogen) atoms. The van der Waals surface area contributed by atoms with E-state index < -0.39 is 12.1 Å². The van der Waals surface area contributed by atoms with Crippen LogP contribution in [0.1, 0.15) is 111 Å². The first kappa shape index (κ1) is 30.7. The van der Waals surface area contributed by atoms with Gasteiger partial charge in [0.2, 0.25) is 0 Å². The van der Waals surface area contributed by atoms with Crippen molar-refractivity contribution >= 4 is 12.1 Å². The number of hydrogen-bond acceptors (Lipinski definition) is 5. The predicted molar refractivity (Wildman–Crippen MR) is 131 cm³/mol. The van der Waals surface area contributed by atoms with Crippen LogP contribution >= 0.6 is 0 Å². The Morgan fingerprint density at radius 3 is 1.59 bits per heavy atom. The van der Waals surface area contributed by atoms with E-state index in [9.17, 15) is 9.59 Å². The minimum atomic E-state index is -0.642. The van der Waals surface area contributed by atoms with Crippen LogP contribution in [0.25, 0.3) is 0 Å². The van der Waals surface area contributed by atoms with Crippen molar-refractivity contribution < 1.29 is 23.8 Å². The first-order valence-electron chi connectivity index (χ1n) is 13.0. The highest BCUT2D eigenvalue weighted by atomic mass is 16.6. The molecule has 0 aliphatic rings. The van der Waals surface area contributed by atoms with Crippen LogP contribution in [0, 0.1) is 5.92 Å². The number of likely N-dealkylation sites (N-methyl/N-ethyl adjacent to an activating group) is 1. The van der Waals surface area contributed by atoms with Crippen LogP contribution in [0.4, 0.5) is 4.79 Å². The van der Waals surface area contributed by atoms with E-state index >= 15 is 0 Å². The first-order valence-corrected chi connectivity index (χ1v) is 13.0. The van der Waals surface area contributed by atoms with Crippen molar-refractivity contribution in [3.05, 3.63) is 0 Å². The topological polar surface area (TPSA) is 65.1 Å². The zero-order valence-corrected chi connectivity index (χ0v) is 21.7. The van der Waals surface area contributed by atoms with Crippen LogP contribution < -0.4 is 0 Å². The van der Waals surface area contributed by atoms with E-state index in [1.54, 1.807) is 14.2 Å². The van der Waals surface area contributed by atoms with Gasteiger partial charge in [0.15, 0.2) is 0 Å². The van der Waals surface area contributed by atoms with Gasteiger partial charge in [-0.25, -0.2) is 9.59 Å². The summed E-state index contributed by atoms with van der Waals surface area (Å²) in [5, 5.41) is 0. The number of rotatable bonds is 21. The van der Waals surface area contributed by atoms with Gasteiger partial charge in [0.25, 0.3) is 0 Å². The third kappa shape index (κ3) is 16.3. The number of nitrogens with zero attached hydrogens (tertiary/aromatic N) is 1. The lowest BCUT2D eigenvalue weighted by Gasteiger charge is -2.28. The molecule has 0 heterocycles. The van der Waals surface area contributed by atoms with Crippen molar-refractivity contribution in [3.8, 4) is 0 Å². The van der Waals surface area contributed by atoms with E-state index in [1.165, 1.54) is 81.9 Å². The Bertz CT molecular complexity index is 455. The van der Waals surface area contributed by atoms with Crippen molar-refractivity contribution in [2.24, 2.45) is 5.92 Å². The van der Waals surface area contributed by atoms with Gasteiger partial charge in [-0.3, -0.25) is 4.90 Å². The second-order valence-corrected chi connectivity index (χ2v) is 9.17. The van der Waals surface area contributed by atoms with Crippen molar-refractivity contribution in [2.75, 3.05) is 34.0 Å². The molecule has 0 bridgehead atoms. The predicted octanol–water partition coefficient (Wildman–Crippen LogP) is 6.75. The maximum absolute atomic E-state index is 12.5. The number of ether oxygens (including phenoxy) is 3. The largest absolute Gasteiger partial charge is 0.464 e. The number of hydrogen-bond donors (Lipinski definition) is 0. The fourth-order valence-corrected chi connectivity index (χ4v) is 3.86. The molecule has 0 N–H and O–H groups in total. The quantitative estimate of drug-likeness (QED) is 0.141. The molecule has 1 atom stereocenters. The van der Waals surface area contributed by atoms with E-state index in [1.807, 2.05) is 13.8 Å². The van der Waals surface area contributed by atoms with Crippen molar-refractivity contribution in [1.82, 2.24) is 4.90 Å². The van der Waals surface area contributed by atoms with E-state index in [0.717, 1.165) is 12.8 Å². The normalized spacial score (nSPS) is 12.1. The molecule has 190 valence electrons. The SMILES string of the molecule is CCCCCCCCCCCCCCCCOC(=O)C(C(C)C)N(C)C(=O)OCCOC. The van der Waals surface area contributed by atoms with Crippen LogP contribution in [-0.2, 0) is 19.0 Å². The fourth-order valence-electron chi connectivity index (χ4n) is 3.86. The van der Waals surface area contributed by atoms with Crippen molar-refractivity contribution in [1.29, 1.82) is 0 Å². The molecule has 0 fully saturated rings. The zero-order chi connectivity index (χ0) is 24.0. The Morgan fingerprint density at radius 1 is 0.688 bits per heavy atom. The number of unbranched alkanes of at least 4 members (excludes halogenated alkanes) is 13. The summed E-state index contributed by atoms with van der Waals surface area (Å²) in [5.74, 6) is -0.417. The number of esters is 1. The first-order chi connectivity index (χ1) is 15.5. The van der Waals surface area contributed by atoms with Gasteiger partial charge >= 0.3 is 12.1 Å². The molecule has 0 radical (unpaired) electrons. The highest BCUT2D eigenvalue weighted by Gasteiger charge is 2.32. The summed E-state index contributed by atoms with van der Waals surface area (Å²) >= 11 is 0.